The number of hydrogen-bond acceptors (Lipinski definition) is 2. The van der Waals surface area contributed by atoms with Gasteiger partial charge in [-0.05, 0) is 45.8 Å². The van der Waals surface area contributed by atoms with Crippen LogP contribution >= 0.6 is 15.9 Å². The predicted molar refractivity (Wildman–Crippen MR) is 72.7 cm³/mol. The Bertz CT molecular complexity index is 502. The van der Waals surface area contributed by atoms with E-state index in [4.69, 9.17) is 5.73 Å². The Kier molecular flexibility index (Phi) is 3.36. The second-order valence-corrected chi connectivity index (χ2v) is 6.31. The number of carbonyl (C=O) groups excluding carboxylic acids is 1. The number of carbonyl (C=O) groups is 1. The molecule has 1 amide bonds. The van der Waals surface area contributed by atoms with E-state index in [-0.39, 0.29) is 11.6 Å². The van der Waals surface area contributed by atoms with Crippen LogP contribution in [0.5, 0.6) is 0 Å². The fourth-order valence-corrected chi connectivity index (χ4v) is 2.47. The fourth-order valence-electron chi connectivity index (χ4n) is 1.98. The average molecular weight is 315 g/mol. The minimum absolute atomic E-state index is 0.0184. The molecule has 0 aromatic heterocycles. The second kappa shape index (κ2) is 4.53. The van der Waals surface area contributed by atoms with Gasteiger partial charge in [-0.3, -0.25) is 4.79 Å². The van der Waals surface area contributed by atoms with Crippen molar-refractivity contribution in [3.05, 3.63) is 28.0 Å². The zero-order chi connectivity index (χ0) is 13.5. The van der Waals surface area contributed by atoms with Crippen LogP contribution in [-0.2, 0) is 0 Å². The van der Waals surface area contributed by atoms with Gasteiger partial charge in [0.05, 0.1) is 11.3 Å². The van der Waals surface area contributed by atoms with Crippen molar-refractivity contribution in [3.8, 4) is 0 Å². The van der Waals surface area contributed by atoms with Crippen molar-refractivity contribution in [2.45, 2.75) is 20.3 Å². The minimum Gasteiger partial charge on any atom is -0.396 e. The molecule has 0 heterocycles. The van der Waals surface area contributed by atoms with Crippen molar-refractivity contribution in [1.29, 1.82) is 0 Å². The van der Waals surface area contributed by atoms with Crippen molar-refractivity contribution >= 4 is 27.5 Å². The number of halogens is 2. The summed E-state index contributed by atoms with van der Waals surface area (Å²) >= 11 is 3.17. The topological polar surface area (TPSA) is 55.1 Å². The van der Waals surface area contributed by atoms with E-state index < -0.39 is 5.82 Å². The molecular formula is C13H16BrFN2O. The highest BCUT2D eigenvalue weighted by molar-refractivity contribution is 9.10. The molecule has 1 unspecified atom stereocenters. The second-order valence-electron chi connectivity index (χ2n) is 5.45. The molecule has 1 saturated carbocycles. The van der Waals surface area contributed by atoms with Crippen molar-refractivity contribution < 1.29 is 9.18 Å². The SMILES string of the molecule is CC1(C)CC1CNC(=O)c1cc(N)c(F)cc1Br. The van der Waals surface area contributed by atoms with Gasteiger partial charge in [-0.25, -0.2) is 4.39 Å². The maximum atomic E-state index is 13.2. The summed E-state index contributed by atoms with van der Waals surface area (Å²) in [5.74, 6) is -0.226. The maximum Gasteiger partial charge on any atom is 0.252 e. The zero-order valence-electron chi connectivity index (χ0n) is 10.4. The van der Waals surface area contributed by atoms with Crippen molar-refractivity contribution in [3.63, 3.8) is 0 Å². The molecule has 0 saturated heterocycles. The molecule has 3 nitrogen and oxygen atoms in total. The third-order valence-corrected chi connectivity index (χ3v) is 4.21. The number of nitrogens with two attached hydrogens (primary N) is 1. The van der Waals surface area contributed by atoms with Crippen LogP contribution in [-0.4, -0.2) is 12.5 Å². The molecule has 0 spiro atoms. The predicted octanol–water partition coefficient (Wildman–Crippen LogP) is 2.95. The lowest BCUT2D eigenvalue weighted by atomic mass is 10.1. The first-order valence-corrected chi connectivity index (χ1v) is 6.63. The Balaban J connectivity index is 2.03. The Hall–Kier alpha value is -1.10. The molecular weight excluding hydrogens is 299 g/mol. The molecule has 98 valence electrons. The monoisotopic (exact) mass is 314 g/mol. The Labute approximate surface area is 114 Å². The quantitative estimate of drug-likeness (QED) is 0.843. The summed E-state index contributed by atoms with van der Waals surface area (Å²) in [5, 5.41) is 2.86. The largest absolute Gasteiger partial charge is 0.396 e. The van der Waals surface area contributed by atoms with Crippen LogP contribution in [0.1, 0.15) is 30.6 Å². The number of hydrogen-bond donors (Lipinski definition) is 2. The number of nitrogens with one attached hydrogen (secondary N) is 1. The van der Waals surface area contributed by atoms with Crippen molar-refractivity contribution in [1.82, 2.24) is 5.32 Å². The van der Waals surface area contributed by atoms with E-state index >= 15 is 0 Å². The Morgan fingerprint density at radius 1 is 1.61 bits per heavy atom. The number of anilines is 1. The summed E-state index contributed by atoms with van der Waals surface area (Å²) < 4.78 is 13.6. The van der Waals surface area contributed by atoms with Gasteiger partial charge in [0.25, 0.3) is 5.91 Å². The molecule has 3 N–H and O–H groups in total. The van der Waals surface area contributed by atoms with Gasteiger partial charge < -0.3 is 11.1 Å². The van der Waals surface area contributed by atoms with E-state index in [0.29, 0.717) is 27.9 Å². The van der Waals surface area contributed by atoms with E-state index in [1.54, 1.807) is 0 Å². The number of rotatable bonds is 3. The lowest BCUT2D eigenvalue weighted by Gasteiger charge is -2.09. The molecule has 5 heteroatoms. The smallest absolute Gasteiger partial charge is 0.252 e. The van der Waals surface area contributed by atoms with Gasteiger partial charge in [0.1, 0.15) is 5.82 Å². The molecule has 0 radical (unpaired) electrons. The van der Waals surface area contributed by atoms with Gasteiger partial charge in [0.2, 0.25) is 0 Å². The third-order valence-electron chi connectivity index (χ3n) is 3.56. The summed E-state index contributed by atoms with van der Waals surface area (Å²) in [6.07, 6.45) is 1.13. The van der Waals surface area contributed by atoms with Crippen molar-refractivity contribution in [2.75, 3.05) is 12.3 Å². The van der Waals surface area contributed by atoms with Gasteiger partial charge in [-0.2, -0.15) is 0 Å². The van der Waals surface area contributed by atoms with E-state index in [1.165, 1.54) is 12.1 Å². The standard InChI is InChI=1S/C13H16BrFN2O/c1-13(2)5-7(13)6-17-12(18)8-3-11(16)10(15)4-9(8)14/h3-4,7H,5-6,16H2,1-2H3,(H,17,18). The molecule has 0 bridgehead atoms. The number of benzene rings is 1. The van der Waals surface area contributed by atoms with Crippen LogP contribution in [0.2, 0.25) is 0 Å². The van der Waals surface area contributed by atoms with Crippen molar-refractivity contribution in [2.24, 2.45) is 11.3 Å². The minimum atomic E-state index is -0.526. The maximum absolute atomic E-state index is 13.2. The summed E-state index contributed by atoms with van der Waals surface area (Å²) in [5.41, 5.74) is 6.14. The van der Waals surface area contributed by atoms with Crippen LogP contribution in [0, 0.1) is 17.2 Å². The fraction of sp³-hybridized carbons (Fsp3) is 0.462. The molecule has 18 heavy (non-hydrogen) atoms. The van der Waals surface area contributed by atoms with Gasteiger partial charge in [0, 0.05) is 11.0 Å². The van der Waals surface area contributed by atoms with Gasteiger partial charge in [-0.15, -0.1) is 0 Å². The van der Waals surface area contributed by atoms with Crippen LogP contribution in [0.3, 0.4) is 0 Å². The molecule has 0 aliphatic heterocycles. The molecule has 1 atom stereocenters. The first-order valence-electron chi connectivity index (χ1n) is 5.84. The summed E-state index contributed by atoms with van der Waals surface area (Å²) in [6.45, 7) is 5.00. The molecule has 1 aliphatic rings. The van der Waals surface area contributed by atoms with Crippen LogP contribution in [0.15, 0.2) is 16.6 Å². The van der Waals surface area contributed by atoms with Crippen LogP contribution in [0.25, 0.3) is 0 Å². The summed E-state index contributed by atoms with van der Waals surface area (Å²) in [6, 6.07) is 2.57. The number of amides is 1. The van der Waals surface area contributed by atoms with Gasteiger partial charge >= 0.3 is 0 Å². The van der Waals surface area contributed by atoms with E-state index in [9.17, 15) is 9.18 Å². The van der Waals surface area contributed by atoms with E-state index in [1.807, 2.05) is 0 Å². The molecule has 1 aliphatic carbocycles. The Morgan fingerprint density at radius 3 is 2.78 bits per heavy atom. The molecule has 1 aromatic carbocycles. The molecule has 2 rings (SSSR count). The highest BCUT2D eigenvalue weighted by Crippen LogP contribution is 2.51. The van der Waals surface area contributed by atoms with Crippen LogP contribution < -0.4 is 11.1 Å². The van der Waals surface area contributed by atoms with E-state index in [2.05, 4.69) is 35.1 Å². The van der Waals surface area contributed by atoms with Gasteiger partial charge in [0.15, 0.2) is 0 Å². The third kappa shape index (κ3) is 2.66. The van der Waals surface area contributed by atoms with Crippen LogP contribution in [0.4, 0.5) is 10.1 Å². The normalized spacial score (nSPS) is 20.6. The highest BCUT2D eigenvalue weighted by atomic mass is 79.9. The zero-order valence-corrected chi connectivity index (χ0v) is 12.0. The lowest BCUT2D eigenvalue weighted by molar-refractivity contribution is 0.0950. The summed E-state index contributed by atoms with van der Waals surface area (Å²) in [4.78, 5) is 12.0. The first kappa shape index (κ1) is 13.3. The first-order chi connectivity index (χ1) is 8.31. The summed E-state index contributed by atoms with van der Waals surface area (Å²) in [7, 11) is 0. The Morgan fingerprint density at radius 2 is 2.22 bits per heavy atom. The highest BCUT2D eigenvalue weighted by Gasteiger charge is 2.45. The molecule has 1 aromatic rings. The lowest BCUT2D eigenvalue weighted by Crippen LogP contribution is -2.27. The van der Waals surface area contributed by atoms with E-state index in [0.717, 1.165) is 6.42 Å². The average Bonchev–Trinajstić information content (AvgIpc) is 2.88. The number of nitrogen functional groups attached to an aromatic ring is 1. The molecule has 1 fully saturated rings. The van der Waals surface area contributed by atoms with Gasteiger partial charge in [-0.1, -0.05) is 13.8 Å².